The number of aliphatic imine (C=N–C) groups is 1. The smallest absolute Gasteiger partial charge is 0.0589 e. The molecule has 84 valence electrons. The quantitative estimate of drug-likeness (QED) is 0.567. The van der Waals surface area contributed by atoms with Crippen LogP contribution in [0, 0.1) is 6.92 Å². The van der Waals surface area contributed by atoms with E-state index in [4.69, 9.17) is 12.2 Å². The summed E-state index contributed by atoms with van der Waals surface area (Å²) >= 11 is 4.69. The van der Waals surface area contributed by atoms with Crippen molar-refractivity contribution in [2.45, 2.75) is 38.0 Å². The van der Waals surface area contributed by atoms with Crippen LogP contribution >= 0.6 is 12.2 Å². The molecule has 1 fully saturated rings. The molecule has 2 rings (SSSR count). The van der Waals surface area contributed by atoms with Gasteiger partial charge in [-0.05, 0) is 37.5 Å². The SMILES string of the molecule is Cc1ccc(C2(CN=C=S)CCCC2)cc1. The van der Waals surface area contributed by atoms with E-state index in [2.05, 4.69) is 41.3 Å². The third-order valence-electron chi connectivity index (χ3n) is 3.67. The van der Waals surface area contributed by atoms with Gasteiger partial charge in [-0.3, -0.25) is 0 Å². The number of isothiocyanates is 1. The van der Waals surface area contributed by atoms with Crippen molar-refractivity contribution in [3.8, 4) is 0 Å². The average Bonchev–Trinajstić information content (AvgIpc) is 2.77. The number of thiocarbonyl (C=S) groups is 1. The maximum Gasteiger partial charge on any atom is 0.0589 e. The second kappa shape index (κ2) is 4.90. The van der Waals surface area contributed by atoms with E-state index < -0.39 is 0 Å². The second-order valence-electron chi connectivity index (χ2n) is 4.76. The zero-order chi connectivity index (χ0) is 11.4. The summed E-state index contributed by atoms with van der Waals surface area (Å²) in [4.78, 5) is 4.19. The van der Waals surface area contributed by atoms with Crippen LogP contribution in [0.3, 0.4) is 0 Å². The van der Waals surface area contributed by atoms with E-state index in [0.717, 1.165) is 6.54 Å². The van der Waals surface area contributed by atoms with Crippen molar-refractivity contribution in [2.75, 3.05) is 6.54 Å². The van der Waals surface area contributed by atoms with Gasteiger partial charge in [-0.2, -0.15) is 0 Å². The molecule has 0 radical (unpaired) electrons. The van der Waals surface area contributed by atoms with Crippen molar-refractivity contribution < 1.29 is 0 Å². The molecular formula is C14H17NS. The first kappa shape index (κ1) is 11.5. The fourth-order valence-electron chi connectivity index (χ4n) is 2.68. The van der Waals surface area contributed by atoms with Crippen molar-refractivity contribution in [1.82, 2.24) is 0 Å². The summed E-state index contributed by atoms with van der Waals surface area (Å²) in [5.41, 5.74) is 2.97. The largest absolute Gasteiger partial charge is 0.232 e. The van der Waals surface area contributed by atoms with Gasteiger partial charge in [0, 0.05) is 5.41 Å². The Kier molecular flexibility index (Phi) is 3.52. The Morgan fingerprint density at radius 3 is 2.44 bits per heavy atom. The molecule has 1 nitrogen and oxygen atoms in total. The van der Waals surface area contributed by atoms with E-state index in [1.54, 1.807) is 0 Å². The Hall–Kier alpha value is -0.980. The molecule has 0 aromatic heterocycles. The first-order valence-corrected chi connectivity index (χ1v) is 6.28. The summed E-state index contributed by atoms with van der Waals surface area (Å²) < 4.78 is 0. The minimum atomic E-state index is 0.236. The lowest BCUT2D eigenvalue weighted by Crippen LogP contribution is -2.25. The van der Waals surface area contributed by atoms with Gasteiger partial charge in [0.05, 0.1) is 11.7 Å². The average molecular weight is 231 g/mol. The van der Waals surface area contributed by atoms with Crippen LogP contribution in [-0.2, 0) is 5.41 Å². The summed E-state index contributed by atoms with van der Waals surface area (Å²) in [6.07, 6.45) is 5.08. The number of hydrogen-bond donors (Lipinski definition) is 0. The fraction of sp³-hybridized carbons (Fsp3) is 0.500. The van der Waals surface area contributed by atoms with Gasteiger partial charge in [-0.25, -0.2) is 4.99 Å². The van der Waals surface area contributed by atoms with Gasteiger partial charge >= 0.3 is 0 Å². The molecule has 16 heavy (non-hydrogen) atoms. The van der Waals surface area contributed by atoms with Crippen LogP contribution in [0.5, 0.6) is 0 Å². The standard InChI is InChI=1S/C14H17NS/c1-12-4-6-13(7-5-12)14(10-15-11-16)8-2-3-9-14/h4-7H,2-3,8-10H2,1H3. The minimum Gasteiger partial charge on any atom is -0.232 e. The Morgan fingerprint density at radius 2 is 1.88 bits per heavy atom. The second-order valence-corrected chi connectivity index (χ2v) is 4.94. The van der Waals surface area contributed by atoms with Gasteiger partial charge in [-0.1, -0.05) is 42.7 Å². The molecule has 0 heterocycles. The highest BCUT2D eigenvalue weighted by molar-refractivity contribution is 7.78. The molecule has 0 aliphatic heterocycles. The number of aryl methyl sites for hydroxylation is 1. The van der Waals surface area contributed by atoms with Crippen molar-refractivity contribution >= 4 is 17.4 Å². The molecule has 0 unspecified atom stereocenters. The summed E-state index contributed by atoms with van der Waals surface area (Å²) in [7, 11) is 0. The van der Waals surface area contributed by atoms with Crippen molar-refractivity contribution in [2.24, 2.45) is 4.99 Å². The lowest BCUT2D eigenvalue weighted by Gasteiger charge is -2.27. The highest BCUT2D eigenvalue weighted by Gasteiger charge is 2.35. The van der Waals surface area contributed by atoms with Gasteiger partial charge in [0.2, 0.25) is 0 Å². The van der Waals surface area contributed by atoms with E-state index in [9.17, 15) is 0 Å². The van der Waals surface area contributed by atoms with Crippen molar-refractivity contribution in [1.29, 1.82) is 0 Å². The zero-order valence-corrected chi connectivity index (χ0v) is 10.5. The lowest BCUT2D eigenvalue weighted by atomic mass is 9.79. The monoisotopic (exact) mass is 231 g/mol. The molecule has 1 saturated carbocycles. The summed E-state index contributed by atoms with van der Waals surface area (Å²) in [5.74, 6) is 0. The van der Waals surface area contributed by atoms with E-state index in [-0.39, 0.29) is 5.41 Å². The van der Waals surface area contributed by atoms with Crippen LogP contribution in [0.1, 0.15) is 36.8 Å². The Balaban J connectivity index is 2.31. The van der Waals surface area contributed by atoms with Crippen LogP contribution in [0.4, 0.5) is 0 Å². The Morgan fingerprint density at radius 1 is 1.25 bits per heavy atom. The van der Waals surface area contributed by atoms with Crippen LogP contribution in [0.2, 0.25) is 0 Å². The molecule has 0 N–H and O–H groups in total. The molecule has 0 bridgehead atoms. The van der Waals surface area contributed by atoms with E-state index in [0.29, 0.717) is 0 Å². The summed E-state index contributed by atoms with van der Waals surface area (Å²) in [5, 5.41) is 2.51. The summed E-state index contributed by atoms with van der Waals surface area (Å²) in [6.45, 7) is 2.93. The molecule has 1 aliphatic carbocycles. The maximum absolute atomic E-state index is 4.69. The van der Waals surface area contributed by atoms with Crippen LogP contribution in [-0.4, -0.2) is 11.7 Å². The maximum atomic E-state index is 4.69. The molecule has 0 amide bonds. The molecule has 1 aromatic rings. The predicted octanol–water partition coefficient (Wildman–Crippen LogP) is 3.91. The Bertz CT molecular complexity index is 395. The van der Waals surface area contributed by atoms with E-state index in [1.807, 2.05) is 0 Å². The van der Waals surface area contributed by atoms with Crippen LogP contribution in [0.25, 0.3) is 0 Å². The van der Waals surface area contributed by atoms with Gasteiger partial charge in [0.25, 0.3) is 0 Å². The number of rotatable bonds is 3. The molecule has 2 heteroatoms. The molecule has 0 spiro atoms. The normalized spacial score (nSPS) is 18.1. The predicted molar refractivity (Wildman–Crippen MR) is 71.2 cm³/mol. The molecule has 0 saturated heterocycles. The van der Waals surface area contributed by atoms with Crippen molar-refractivity contribution in [3.63, 3.8) is 0 Å². The number of hydrogen-bond acceptors (Lipinski definition) is 2. The molecular weight excluding hydrogens is 214 g/mol. The summed E-state index contributed by atoms with van der Waals surface area (Å²) in [6, 6.07) is 8.88. The molecule has 0 atom stereocenters. The first-order chi connectivity index (χ1) is 7.77. The number of nitrogens with zero attached hydrogens (tertiary/aromatic N) is 1. The van der Waals surface area contributed by atoms with Crippen LogP contribution < -0.4 is 0 Å². The van der Waals surface area contributed by atoms with Gasteiger partial charge in [0.1, 0.15) is 0 Å². The zero-order valence-electron chi connectivity index (χ0n) is 9.70. The van der Waals surface area contributed by atoms with Gasteiger partial charge in [-0.15, -0.1) is 0 Å². The third-order valence-corrected chi connectivity index (χ3v) is 3.80. The third kappa shape index (κ3) is 2.23. The number of benzene rings is 1. The van der Waals surface area contributed by atoms with Crippen molar-refractivity contribution in [3.05, 3.63) is 35.4 Å². The van der Waals surface area contributed by atoms with E-state index >= 15 is 0 Å². The van der Waals surface area contributed by atoms with Crippen LogP contribution in [0.15, 0.2) is 29.3 Å². The highest BCUT2D eigenvalue weighted by Crippen LogP contribution is 2.41. The molecule has 1 aliphatic rings. The fourth-order valence-corrected chi connectivity index (χ4v) is 2.75. The Labute approximate surface area is 103 Å². The van der Waals surface area contributed by atoms with E-state index in [1.165, 1.54) is 36.8 Å². The lowest BCUT2D eigenvalue weighted by molar-refractivity contribution is 0.455. The minimum absolute atomic E-state index is 0.236. The van der Waals surface area contributed by atoms with Gasteiger partial charge < -0.3 is 0 Å². The molecule has 1 aromatic carbocycles. The first-order valence-electron chi connectivity index (χ1n) is 5.88. The highest BCUT2D eigenvalue weighted by atomic mass is 32.1. The van der Waals surface area contributed by atoms with Gasteiger partial charge in [0.15, 0.2) is 0 Å². The topological polar surface area (TPSA) is 12.4 Å².